The van der Waals surface area contributed by atoms with Crippen LogP contribution in [0.15, 0.2) is 0 Å². The van der Waals surface area contributed by atoms with Crippen molar-refractivity contribution in [1.29, 1.82) is 0 Å². The average molecular weight is 429 g/mol. The van der Waals surface area contributed by atoms with Crippen LogP contribution in [0.1, 0.15) is 111 Å². The summed E-state index contributed by atoms with van der Waals surface area (Å²) >= 11 is 1.82. The summed E-state index contributed by atoms with van der Waals surface area (Å²) in [5.74, 6) is 1.19. The lowest BCUT2D eigenvalue weighted by Crippen LogP contribution is -2.29. The number of carbonyl (C=O) groups excluding carboxylic acids is 2. The molecule has 170 valence electrons. The fourth-order valence-corrected chi connectivity index (χ4v) is 5.64. The Balaban J connectivity index is 2.22. The molecule has 3 atom stereocenters. The Labute approximate surface area is 182 Å². The quantitative estimate of drug-likeness (QED) is 0.225. The highest BCUT2D eigenvalue weighted by Gasteiger charge is 2.35. The van der Waals surface area contributed by atoms with Gasteiger partial charge in [0.2, 0.25) is 0 Å². The van der Waals surface area contributed by atoms with Crippen LogP contribution < -0.4 is 0 Å². The third-order valence-corrected chi connectivity index (χ3v) is 7.70. The van der Waals surface area contributed by atoms with Gasteiger partial charge in [-0.25, -0.2) is 0 Å². The van der Waals surface area contributed by atoms with Crippen LogP contribution in [0.4, 0.5) is 0 Å². The lowest BCUT2D eigenvalue weighted by molar-refractivity contribution is -0.143. The molecule has 1 fully saturated rings. The smallest absolute Gasteiger partial charge is 0.305 e. The fraction of sp³-hybridized carbons (Fsp3) is 0.917. The molecule has 0 aliphatic heterocycles. The van der Waals surface area contributed by atoms with Crippen molar-refractivity contribution in [2.45, 2.75) is 122 Å². The normalized spacial score (nSPS) is 21.3. The van der Waals surface area contributed by atoms with Crippen LogP contribution in [0.25, 0.3) is 0 Å². The van der Waals surface area contributed by atoms with E-state index in [2.05, 4.69) is 6.92 Å². The van der Waals surface area contributed by atoms with E-state index >= 15 is 0 Å². The highest BCUT2D eigenvalue weighted by atomic mass is 32.2. The average Bonchev–Trinajstić information content (AvgIpc) is 3.03. The number of thioether (sulfide) groups is 1. The number of aliphatic hydroxyl groups is 1. The highest BCUT2D eigenvalue weighted by molar-refractivity contribution is 8.00. The van der Waals surface area contributed by atoms with Crippen molar-refractivity contribution in [2.75, 3.05) is 12.4 Å². The first-order valence-corrected chi connectivity index (χ1v) is 13.0. The first-order valence-electron chi connectivity index (χ1n) is 11.9. The third-order valence-electron chi connectivity index (χ3n) is 5.92. The largest absolute Gasteiger partial charge is 0.466 e. The molecule has 1 saturated carbocycles. The molecular weight excluding hydrogens is 384 g/mol. The predicted octanol–water partition coefficient (Wildman–Crippen LogP) is 6.08. The molecular formula is C24H44O4S. The van der Waals surface area contributed by atoms with E-state index in [-0.39, 0.29) is 11.9 Å². The number of rotatable bonds is 17. The maximum absolute atomic E-state index is 12.3. The van der Waals surface area contributed by atoms with Gasteiger partial charge >= 0.3 is 5.97 Å². The lowest BCUT2D eigenvalue weighted by Gasteiger charge is -2.26. The minimum absolute atomic E-state index is 0.104. The van der Waals surface area contributed by atoms with E-state index in [0.29, 0.717) is 30.5 Å². The minimum atomic E-state index is -0.625. The molecule has 0 aromatic rings. The maximum Gasteiger partial charge on any atom is 0.305 e. The van der Waals surface area contributed by atoms with Crippen molar-refractivity contribution in [1.82, 2.24) is 0 Å². The van der Waals surface area contributed by atoms with Crippen molar-refractivity contribution in [3.63, 3.8) is 0 Å². The van der Waals surface area contributed by atoms with E-state index in [1.807, 2.05) is 25.6 Å². The number of carbonyl (C=O) groups is 2. The number of hydrogen-bond acceptors (Lipinski definition) is 5. The van der Waals surface area contributed by atoms with Gasteiger partial charge in [-0.05, 0) is 39.5 Å². The summed E-state index contributed by atoms with van der Waals surface area (Å²) in [5.41, 5.74) is -0.625. The van der Waals surface area contributed by atoms with Gasteiger partial charge in [-0.15, -0.1) is 0 Å². The van der Waals surface area contributed by atoms with Gasteiger partial charge in [-0.3, -0.25) is 9.59 Å². The molecule has 0 spiro atoms. The van der Waals surface area contributed by atoms with E-state index in [0.717, 1.165) is 57.1 Å². The van der Waals surface area contributed by atoms with Crippen LogP contribution in [0.3, 0.4) is 0 Å². The van der Waals surface area contributed by atoms with Gasteiger partial charge in [-0.1, -0.05) is 58.3 Å². The van der Waals surface area contributed by atoms with Gasteiger partial charge in [0.1, 0.15) is 5.78 Å². The zero-order valence-corrected chi connectivity index (χ0v) is 19.9. The summed E-state index contributed by atoms with van der Waals surface area (Å²) in [6.07, 6.45) is 14.1. The van der Waals surface area contributed by atoms with E-state index in [9.17, 15) is 14.7 Å². The molecule has 0 heterocycles. The zero-order chi connectivity index (χ0) is 21.5. The molecule has 1 aliphatic carbocycles. The van der Waals surface area contributed by atoms with E-state index in [1.54, 1.807) is 0 Å². The van der Waals surface area contributed by atoms with Gasteiger partial charge in [0, 0.05) is 29.8 Å². The summed E-state index contributed by atoms with van der Waals surface area (Å²) in [5, 5.41) is 11.1. The first-order chi connectivity index (χ1) is 13.9. The monoisotopic (exact) mass is 428 g/mol. The third kappa shape index (κ3) is 12.0. The topological polar surface area (TPSA) is 63.6 Å². The molecule has 0 radical (unpaired) electrons. The Kier molecular flexibility index (Phi) is 14.0. The number of esters is 1. The molecule has 5 heteroatoms. The van der Waals surface area contributed by atoms with Gasteiger partial charge < -0.3 is 9.84 Å². The molecule has 29 heavy (non-hydrogen) atoms. The van der Waals surface area contributed by atoms with Crippen molar-refractivity contribution >= 4 is 23.5 Å². The predicted molar refractivity (Wildman–Crippen MR) is 122 cm³/mol. The molecule has 0 bridgehead atoms. The summed E-state index contributed by atoms with van der Waals surface area (Å²) in [4.78, 5) is 23.7. The lowest BCUT2D eigenvalue weighted by atomic mass is 9.98. The Morgan fingerprint density at radius 3 is 2.52 bits per heavy atom. The van der Waals surface area contributed by atoms with Crippen LogP contribution in [-0.2, 0) is 14.3 Å². The Morgan fingerprint density at radius 2 is 1.79 bits per heavy atom. The summed E-state index contributed by atoms with van der Waals surface area (Å²) in [6, 6.07) is 0. The van der Waals surface area contributed by atoms with Crippen LogP contribution in [-0.4, -0.2) is 40.1 Å². The molecule has 3 unspecified atom stereocenters. The number of Topliss-reactive ketones (excluding diaryl/α,β-unsaturated/α-hetero) is 1. The van der Waals surface area contributed by atoms with Gasteiger partial charge in [0.05, 0.1) is 12.2 Å². The summed E-state index contributed by atoms with van der Waals surface area (Å²) in [6.45, 7) is 6.45. The molecule has 0 saturated heterocycles. The Bertz CT molecular complexity index is 464. The van der Waals surface area contributed by atoms with Gasteiger partial charge in [0.25, 0.3) is 0 Å². The van der Waals surface area contributed by atoms with Crippen LogP contribution in [0.5, 0.6) is 0 Å². The second-order valence-corrected chi connectivity index (χ2v) is 10.1. The molecule has 1 rings (SSSR count). The van der Waals surface area contributed by atoms with Gasteiger partial charge in [0.15, 0.2) is 0 Å². The van der Waals surface area contributed by atoms with Crippen molar-refractivity contribution in [3.8, 4) is 0 Å². The van der Waals surface area contributed by atoms with E-state index in [1.165, 1.54) is 25.7 Å². The first kappa shape index (κ1) is 26.5. The molecule has 1 aliphatic rings. The maximum atomic E-state index is 12.3. The summed E-state index contributed by atoms with van der Waals surface area (Å²) < 4.78 is 4.95. The second kappa shape index (κ2) is 15.3. The molecule has 4 nitrogen and oxygen atoms in total. The van der Waals surface area contributed by atoms with E-state index < -0.39 is 5.60 Å². The number of unbranched alkanes of at least 4 members (excludes halogenated alkanes) is 7. The number of ether oxygens (including phenoxy) is 1. The molecule has 0 aromatic heterocycles. The SMILES string of the molecule is CCCCCCCC(C)(O)CSC1CCC(=O)C1CCCCCCC(=O)OCC. The number of hydrogen-bond donors (Lipinski definition) is 1. The van der Waals surface area contributed by atoms with Crippen molar-refractivity contribution in [3.05, 3.63) is 0 Å². The number of ketones is 1. The molecule has 0 aromatic carbocycles. The minimum Gasteiger partial charge on any atom is -0.466 e. The van der Waals surface area contributed by atoms with Crippen LogP contribution in [0, 0.1) is 5.92 Å². The van der Waals surface area contributed by atoms with E-state index in [4.69, 9.17) is 4.74 Å². The second-order valence-electron chi connectivity index (χ2n) is 8.88. The zero-order valence-electron chi connectivity index (χ0n) is 19.0. The molecule has 0 amide bonds. The highest BCUT2D eigenvalue weighted by Crippen LogP contribution is 2.37. The Hall–Kier alpha value is -0.550. The fourth-order valence-electron chi connectivity index (χ4n) is 4.11. The van der Waals surface area contributed by atoms with Crippen LogP contribution in [0.2, 0.25) is 0 Å². The van der Waals surface area contributed by atoms with Crippen molar-refractivity contribution < 1.29 is 19.4 Å². The standard InChI is InChI=1S/C24H44O4S/c1-4-6-7-10-13-18-24(3,27)19-29-22-17-16-21(25)20(22)14-11-8-9-12-15-23(26)28-5-2/h20,22,27H,4-19H2,1-3H3. The van der Waals surface area contributed by atoms with Gasteiger partial charge in [-0.2, -0.15) is 11.8 Å². The molecule has 1 N–H and O–H groups in total. The summed E-state index contributed by atoms with van der Waals surface area (Å²) in [7, 11) is 0. The van der Waals surface area contributed by atoms with Crippen LogP contribution >= 0.6 is 11.8 Å². The van der Waals surface area contributed by atoms with Crippen molar-refractivity contribution in [2.24, 2.45) is 5.92 Å². The Morgan fingerprint density at radius 1 is 1.10 bits per heavy atom.